The lowest BCUT2D eigenvalue weighted by molar-refractivity contribution is -0.136. The molecular formula is C12H27N3O12. The first-order valence-electron chi connectivity index (χ1n) is 6.89. The van der Waals surface area contributed by atoms with Gasteiger partial charge in [-0.1, -0.05) is 0 Å². The number of hydrogen-bond acceptors (Lipinski definition) is 12. The first kappa shape index (κ1) is 32.4. The molecule has 0 fully saturated rings. The summed E-state index contributed by atoms with van der Waals surface area (Å²) in [5.74, 6) is -2.90. The number of hydrogen-bond donors (Lipinski definition) is 11. The van der Waals surface area contributed by atoms with Crippen molar-refractivity contribution in [3.05, 3.63) is 0 Å². The number of carbonyl (C=O) groups excluding carboxylic acids is 1. The molecule has 0 amide bonds. The fraction of sp³-hybridized carbons (Fsp3) is 0.667. The zero-order chi connectivity index (χ0) is 22.6. The molecule has 15 heteroatoms. The van der Waals surface area contributed by atoms with Gasteiger partial charge in [0.05, 0.1) is 26.2 Å². The van der Waals surface area contributed by atoms with Gasteiger partial charge in [-0.25, -0.2) is 0 Å². The van der Waals surface area contributed by atoms with Gasteiger partial charge in [-0.05, 0) is 0 Å². The number of rotatable bonds is 8. The summed E-state index contributed by atoms with van der Waals surface area (Å²) in [7, 11) is 0. The molecular weight excluding hydrogens is 378 g/mol. The number of carboxylic acid groups (broad SMARTS) is 3. The van der Waals surface area contributed by atoms with Crippen LogP contribution in [-0.2, 0) is 19.2 Å². The van der Waals surface area contributed by atoms with Crippen LogP contribution in [0.3, 0.4) is 0 Å². The molecule has 0 heterocycles. The number of aliphatic hydroxyl groups excluding tert-OH is 5. The molecule has 0 rings (SSSR count). The van der Waals surface area contributed by atoms with Crippen LogP contribution < -0.4 is 17.2 Å². The van der Waals surface area contributed by atoms with Crippen LogP contribution in [0.1, 0.15) is 0 Å². The molecule has 0 bridgehead atoms. The van der Waals surface area contributed by atoms with Gasteiger partial charge in [-0.3, -0.25) is 14.4 Å². The maximum absolute atomic E-state index is 9.90. The van der Waals surface area contributed by atoms with Gasteiger partial charge in [0.2, 0.25) is 0 Å². The standard InChI is InChI=1S/C6H12O6.3C2H5NO2/c7-1-3(9)5(11)6(12)4(10)2-8;3*3-1-2(4)5/h1,3-6,8-12H,2H2;3*1,3H2,(H,4,5)/t3-,4+,5+,6+;;;/m0.../s1. The van der Waals surface area contributed by atoms with Crippen LogP contribution in [0.4, 0.5) is 0 Å². The molecule has 4 atom stereocenters. The van der Waals surface area contributed by atoms with E-state index in [1.807, 2.05) is 0 Å². The fourth-order valence-corrected chi connectivity index (χ4v) is 0.618. The van der Waals surface area contributed by atoms with Crippen LogP contribution in [0.2, 0.25) is 0 Å². The Hall–Kier alpha value is -2.24. The third-order valence-corrected chi connectivity index (χ3v) is 1.94. The predicted molar refractivity (Wildman–Crippen MR) is 87.2 cm³/mol. The van der Waals surface area contributed by atoms with Crippen molar-refractivity contribution in [2.75, 3.05) is 26.2 Å². The predicted octanol–water partition coefficient (Wildman–Crippen LogP) is -6.29. The van der Waals surface area contributed by atoms with E-state index in [9.17, 15) is 19.2 Å². The smallest absolute Gasteiger partial charge is 0.317 e. The highest BCUT2D eigenvalue weighted by Gasteiger charge is 2.29. The summed E-state index contributed by atoms with van der Waals surface area (Å²) >= 11 is 0. The lowest BCUT2D eigenvalue weighted by Gasteiger charge is -2.22. The van der Waals surface area contributed by atoms with Crippen molar-refractivity contribution < 1.29 is 60.0 Å². The summed E-state index contributed by atoms with van der Waals surface area (Å²) in [6.07, 6.45) is -6.84. The highest BCUT2D eigenvalue weighted by molar-refractivity contribution is 5.69. The Morgan fingerprint density at radius 2 is 1.00 bits per heavy atom. The molecule has 0 aromatic heterocycles. The molecule has 0 aromatic rings. The highest BCUT2D eigenvalue weighted by Crippen LogP contribution is 2.02. The molecule has 0 aliphatic carbocycles. The summed E-state index contributed by atoms with van der Waals surface area (Å²) in [6.45, 7) is -1.59. The monoisotopic (exact) mass is 405 g/mol. The Labute approximate surface area is 153 Å². The third-order valence-electron chi connectivity index (χ3n) is 1.94. The average molecular weight is 405 g/mol. The molecule has 0 saturated heterocycles. The Morgan fingerprint density at radius 3 is 1.15 bits per heavy atom. The van der Waals surface area contributed by atoms with Gasteiger partial charge in [-0.2, -0.15) is 0 Å². The quantitative estimate of drug-likeness (QED) is 0.167. The normalized spacial score (nSPS) is 13.5. The second kappa shape index (κ2) is 21.8. The Balaban J connectivity index is -0.000000147. The fourth-order valence-electron chi connectivity index (χ4n) is 0.618. The lowest BCUT2D eigenvalue weighted by Crippen LogP contribution is -2.46. The SMILES string of the molecule is NCC(=O)O.NCC(=O)O.NCC(=O)O.O=C[C@H](O)[C@@H](O)[C@H](O)[C@H](O)CO. The maximum atomic E-state index is 9.90. The van der Waals surface area contributed by atoms with Crippen molar-refractivity contribution in [3.8, 4) is 0 Å². The van der Waals surface area contributed by atoms with E-state index in [0.717, 1.165) is 0 Å². The van der Waals surface area contributed by atoms with Crippen LogP contribution in [0.5, 0.6) is 0 Å². The molecule has 162 valence electrons. The van der Waals surface area contributed by atoms with Crippen molar-refractivity contribution in [3.63, 3.8) is 0 Å². The molecule has 0 unspecified atom stereocenters. The van der Waals surface area contributed by atoms with Crippen molar-refractivity contribution in [1.29, 1.82) is 0 Å². The number of aliphatic hydroxyl groups is 5. The molecule has 0 aliphatic heterocycles. The molecule has 0 aliphatic rings. The number of carboxylic acids is 3. The first-order valence-corrected chi connectivity index (χ1v) is 6.89. The van der Waals surface area contributed by atoms with E-state index in [-0.39, 0.29) is 25.9 Å². The summed E-state index contributed by atoms with van der Waals surface area (Å²) in [5.41, 5.74) is 13.7. The molecule has 0 spiro atoms. The summed E-state index contributed by atoms with van der Waals surface area (Å²) in [5, 5.41) is 66.3. The van der Waals surface area contributed by atoms with Crippen LogP contribution in [-0.4, -0.2) is 116 Å². The zero-order valence-electron chi connectivity index (χ0n) is 14.2. The molecule has 14 N–H and O–H groups in total. The molecule has 27 heavy (non-hydrogen) atoms. The number of aliphatic carboxylic acids is 3. The van der Waals surface area contributed by atoms with Crippen LogP contribution in [0.15, 0.2) is 0 Å². The van der Waals surface area contributed by atoms with Gasteiger partial charge in [0.15, 0.2) is 6.29 Å². The van der Waals surface area contributed by atoms with Gasteiger partial charge >= 0.3 is 17.9 Å². The summed E-state index contributed by atoms with van der Waals surface area (Å²) in [4.78, 5) is 37.6. The Morgan fingerprint density at radius 1 is 0.741 bits per heavy atom. The van der Waals surface area contributed by atoms with E-state index in [1.54, 1.807) is 0 Å². The Kier molecular flexibility index (Phi) is 26.2. The van der Waals surface area contributed by atoms with Crippen LogP contribution in [0.25, 0.3) is 0 Å². The van der Waals surface area contributed by atoms with E-state index in [1.165, 1.54) is 0 Å². The minimum absolute atomic E-state index is 0.0258. The number of nitrogens with two attached hydrogens (primary N) is 3. The lowest BCUT2D eigenvalue weighted by atomic mass is 10.0. The second-order valence-electron chi connectivity index (χ2n) is 4.15. The summed E-state index contributed by atoms with van der Waals surface area (Å²) < 4.78 is 0. The van der Waals surface area contributed by atoms with Gasteiger partial charge in [0, 0.05) is 0 Å². The van der Waals surface area contributed by atoms with E-state index in [4.69, 9.17) is 40.9 Å². The van der Waals surface area contributed by atoms with Gasteiger partial charge < -0.3 is 62.8 Å². The molecule has 0 radical (unpaired) electrons. The average Bonchev–Trinajstić information content (AvgIpc) is 2.66. The van der Waals surface area contributed by atoms with Crippen LogP contribution in [0, 0.1) is 0 Å². The highest BCUT2D eigenvalue weighted by atomic mass is 16.4. The van der Waals surface area contributed by atoms with Crippen LogP contribution >= 0.6 is 0 Å². The van der Waals surface area contributed by atoms with E-state index < -0.39 is 48.9 Å². The molecule has 0 saturated carbocycles. The van der Waals surface area contributed by atoms with Crippen molar-refractivity contribution >= 4 is 24.2 Å². The topological polar surface area (TPSA) is 308 Å². The second-order valence-corrected chi connectivity index (χ2v) is 4.15. The van der Waals surface area contributed by atoms with E-state index in [0.29, 0.717) is 0 Å². The zero-order valence-corrected chi connectivity index (χ0v) is 14.2. The first-order chi connectivity index (χ1) is 12.4. The van der Waals surface area contributed by atoms with E-state index >= 15 is 0 Å². The third kappa shape index (κ3) is 28.8. The molecule has 15 nitrogen and oxygen atoms in total. The maximum Gasteiger partial charge on any atom is 0.317 e. The summed E-state index contributed by atoms with van der Waals surface area (Å²) in [6, 6.07) is 0. The minimum Gasteiger partial charge on any atom is -0.480 e. The largest absolute Gasteiger partial charge is 0.480 e. The number of aldehydes is 1. The number of carbonyl (C=O) groups is 4. The minimum atomic E-state index is -1.79. The van der Waals surface area contributed by atoms with Gasteiger partial charge in [0.1, 0.15) is 24.4 Å². The molecule has 0 aromatic carbocycles. The van der Waals surface area contributed by atoms with Crippen molar-refractivity contribution in [2.45, 2.75) is 24.4 Å². The van der Waals surface area contributed by atoms with Gasteiger partial charge in [0.25, 0.3) is 0 Å². The van der Waals surface area contributed by atoms with Crippen molar-refractivity contribution in [1.82, 2.24) is 0 Å². The van der Waals surface area contributed by atoms with Gasteiger partial charge in [-0.15, -0.1) is 0 Å². The van der Waals surface area contributed by atoms with Crippen molar-refractivity contribution in [2.24, 2.45) is 17.2 Å². The Bertz CT molecular complexity index is 376. The van der Waals surface area contributed by atoms with E-state index in [2.05, 4.69) is 17.2 Å².